The van der Waals surface area contributed by atoms with Gasteiger partial charge in [-0.3, -0.25) is 24.6 Å². The summed E-state index contributed by atoms with van der Waals surface area (Å²) in [6.07, 6.45) is 1.94. The number of carbonyl (C=O) groups excluding carboxylic acids is 4. The van der Waals surface area contributed by atoms with E-state index < -0.39 is 50.9 Å². The van der Waals surface area contributed by atoms with Gasteiger partial charge in [0.1, 0.15) is 23.8 Å². The second-order valence-electron chi connectivity index (χ2n) is 7.83. The van der Waals surface area contributed by atoms with Crippen LogP contribution in [0.2, 0.25) is 0 Å². The van der Waals surface area contributed by atoms with Crippen molar-refractivity contribution < 1.29 is 38.7 Å². The van der Waals surface area contributed by atoms with E-state index in [2.05, 4.69) is 5.32 Å². The number of β-lactam (4-membered cyclic amide) rings is 1. The predicted octanol–water partition coefficient (Wildman–Crippen LogP) is 2.38. The molecule has 2 N–H and O–H groups in total. The molecule has 1 saturated carbocycles. The Morgan fingerprint density at radius 3 is 2.38 bits per heavy atom. The first-order valence-electron chi connectivity index (χ1n) is 10.3. The molecule has 1 aliphatic carbocycles. The Balaban J connectivity index is 1.71. The van der Waals surface area contributed by atoms with Crippen molar-refractivity contribution >= 4 is 40.5 Å². The molecule has 1 saturated heterocycles. The van der Waals surface area contributed by atoms with Crippen molar-refractivity contribution in [1.29, 1.82) is 0 Å². The number of rotatable bonds is 9. The third kappa shape index (κ3) is 6.04. The molecule has 2 atom stereocenters. The summed E-state index contributed by atoms with van der Waals surface area (Å²) in [5, 5.41) is 21.6. The summed E-state index contributed by atoms with van der Waals surface area (Å²) in [7, 11) is 0. The summed E-state index contributed by atoms with van der Waals surface area (Å²) in [6.45, 7) is 2.34. The molecule has 182 valence electrons. The number of allylic oxidation sites excluding steroid dienone is 1. The minimum atomic E-state index is -1.10. The zero-order chi connectivity index (χ0) is 25.0. The van der Waals surface area contributed by atoms with Crippen molar-refractivity contribution in [3.63, 3.8) is 0 Å². The maximum Gasteiger partial charge on any atom is 0.369 e. The number of aliphatic hydroxyl groups excluding tert-OH is 1. The number of nitro groups is 1. The lowest BCUT2D eigenvalue weighted by Crippen LogP contribution is -2.69. The summed E-state index contributed by atoms with van der Waals surface area (Å²) < 4.78 is 10.4. The number of nitrogens with one attached hydrogen (secondary N) is 1. The van der Waals surface area contributed by atoms with Crippen LogP contribution in [0.1, 0.15) is 32.3 Å². The van der Waals surface area contributed by atoms with Gasteiger partial charge in [-0.25, -0.2) is 9.59 Å². The zero-order valence-electron chi connectivity index (χ0n) is 18.4. The van der Waals surface area contributed by atoms with Gasteiger partial charge >= 0.3 is 11.3 Å². The van der Waals surface area contributed by atoms with Crippen molar-refractivity contribution in [1.82, 2.24) is 10.2 Å². The summed E-state index contributed by atoms with van der Waals surface area (Å²) in [5.41, 5.74) is -0.180. The third-order valence-corrected chi connectivity index (χ3v) is 6.08. The fraction of sp³-hybridized carbons (Fsp3) is 0.429. The summed E-state index contributed by atoms with van der Waals surface area (Å²) in [6, 6.07) is 4.18. The molecule has 34 heavy (non-hydrogen) atoms. The number of aliphatic hydroxyl groups is 1. The number of esters is 1. The van der Waals surface area contributed by atoms with E-state index in [4.69, 9.17) is 9.47 Å². The Hall–Kier alpha value is -3.61. The van der Waals surface area contributed by atoms with E-state index in [1.54, 1.807) is 0 Å². The Bertz CT molecular complexity index is 1030. The molecule has 0 radical (unpaired) electrons. The number of nitrogens with zero attached hydrogens (tertiary/aromatic N) is 2. The maximum atomic E-state index is 12.7. The number of likely N-dealkylation sites (tertiary alicyclic amines) is 1. The first-order chi connectivity index (χ1) is 16.1. The molecule has 2 amide bonds. The molecular formula is C21H23N3O9S. The molecule has 2 aliphatic rings. The van der Waals surface area contributed by atoms with Crippen molar-refractivity contribution in [3.8, 4) is 0 Å². The van der Waals surface area contributed by atoms with E-state index in [1.165, 1.54) is 38.1 Å². The molecule has 0 bridgehead atoms. The number of carbonyl (C=O) groups is 4. The molecule has 3 rings (SSSR count). The van der Waals surface area contributed by atoms with Crippen LogP contribution in [0.25, 0.3) is 0 Å². The zero-order valence-corrected chi connectivity index (χ0v) is 19.2. The van der Waals surface area contributed by atoms with E-state index in [1.807, 2.05) is 0 Å². The minimum Gasteiger partial charge on any atom is -0.510 e. The van der Waals surface area contributed by atoms with E-state index in [9.17, 15) is 34.4 Å². The molecule has 1 aromatic rings. The summed E-state index contributed by atoms with van der Waals surface area (Å²) >= 11 is 0.612. The van der Waals surface area contributed by atoms with Crippen LogP contribution in [0.15, 0.2) is 35.7 Å². The highest BCUT2D eigenvalue weighted by atomic mass is 32.2. The van der Waals surface area contributed by atoms with Crippen LogP contribution in [0, 0.1) is 16.0 Å². The molecule has 2 fully saturated rings. The highest BCUT2D eigenvalue weighted by Crippen LogP contribution is 2.37. The molecule has 1 aromatic carbocycles. The molecule has 1 aliphatic heterocycles. The van der Waals surface area contributed by atoms with Gasteiger partial charge in [-0.05, 0) is 55.1 Å². The number of nitro benzene ring substituents is 1. The lowest BCUT2D eigenvalue weighted by molar-refractivity contribution is -0.384. The van der Waals surface area contributed by atoms with Gasteiger partial charge in [-0.2, -0.15) is 0 Å². The van der Waals surface area contributed by atoms with Gasteiger partial charge in [-0.15, -0.1) is 0 Å². The first-order valence-corrected chi connectivity index (χ1v) is 11.2. The smallest absolute Gasteiger partial charge is 0.369 e. The minimum absolute atomic E-state index is 0.134. The van der Waals surface area contributed by atoms with Crippen LogP contribution in [-0.4, -0.2) is 56.0 Å². The van der Waals surface area contributed by atoms with Gasteiger partial charge in [0.15, 0.2) is 5.70 Å². The molecular weight excluding hydrogens is 470 g/mol. The number of benzene rings is 1. The number of amides is 2. The van der Waals surface area contributed by atoms with Crippen molar-refractivity contribution in [2.24, 2.45) is 5.92 Å². The van der Waals surface area contributed by atoms with Crippen LogP contribution in [-0.2, 0) is 30.5 Å². The summed E-state index contributed by atoms with van der Waals surface area (Å²) in [4.78, 5) is 60.3. The van der Waals surface area contributed by atoms with E-state index in [0.717, 1.165) is 17.7 Å². The fourth-order valence-corrected chi connectivity index (χ4v) is 4.10. The molecule has 12 nitrogen and oxygen atoms in total. The lowest BCUT2D eigenvalue weighted by atomic mass is 10.1. The van der Waals surface area contributed by atoms with Crippen LogP contribution in [0.5, 0.6) is 0 Å². The van der Waals surface area contributed by atoms with Crippen LogP contribution in [0.3, 0.4) is 0 Å². The highest BCUT2D eigenvalue weighted by Gasteiger charge is 2.53. The fourth-order valence-electron chi connectivity index (χ4n) is 3.13. The maximum absolute atomic E-state index is 12.7. The van der Waals surface area contributed by atoms with Crippen LogP contribution in [0.4, 0.5) is 10.5 Å². The van der Waals surface area contributed by atoms with Crippen LogP contribution >= 0.6 is 11.8 Å². The van der Waals surface area contributed by atoms with E-state index >= 15 is 0 Å². The molecule has 1 heterocycles. The Labute approximate surface area is 198 Å². The SMILES string of the molecule is CC(=O)NC1C(=O)N(C(C(=O)OCc2ccc([N+](=O)[O-])cc2)=C(C)O)C1SC(=O)OCC1CC1. The summed E-state index contributed by atoms with van der Waals surface area (Å²) in [5.74, 6) is -2.48. The number of hydrogen-bond acceptors (Lipinski definition) is 10. The largest absolute Gasteiger partial charge is 0.510 e. The van der Waals surface area contributed by atoms with Gasteiger partial charge in [0.05, 0.1) is 11.5 Å². The highest BCUT2D eigenvalue weighted by molar-refractivity contribution is 8.13. The monoisotopic (exact) mass is 493 g/mol. The number of ether oxygens (including phenoxy) is 2. The second-order valence-corrected chi connectivity index (χ2v) is 8.88. The molecule has 0 spiro atoms. The topological polar surface area (TPSA) is 165 Å². The number of non-ortho nitro benzene ring substituents is 1. The van der Waals surface area contributed by atoms with Gasteiger partial charge in [0, 0.05) is 19.1 Å². The first kappa shape index (κ1) is 25.0. The average Bonchev–Trinajstić information content (AvgIpc) is 3.61. The van der Waals surface area contributed by atoms with Gasteiger partial charge in [-0.1, -0.05) is 0 Å². The van der Waals surface area contributed by atoms with Crippen molar-refractivity contribution in [2.45, 2.75) is 44.7 Å². The third-order valence-electron chi connectivity index (χ3n) is 5.05. The lowest BCUT2D eigenvalue weighted by Gasteiger charge is -2.45. The van der Waals surface area contributed by atoms with Gasteiger partial charge in [0.2, 0.25) is 5.91 Å². The number of hydrogen-bond donors (Lipinski definition) is 2. The van der Waals surface area contributed by atoms with E-state index in [0.29, 0.717) is 23.2 Å². The van der Waals surface area contributed by atoms with Crippen molar-refractivity contribution in [2.75, 3.05) is 6.61 Å². The van der Waals surface area contributed by atoms with Gasteiger partial charge in [0.25, 0.3) is 11.6 Å². The van der Waals surface area contributed by atoms with Crippen LogP contribution < -0.4 is 5.32 Å². The quantitative estimate of drug-likeness (QED) is 0.130. The second kappa shape index (κ2) is 10.5. The number of thioether (sulfide) groups is 1. The van der Waals surface area contributed by atoms with Gasteiger partial charge < -0.3 is 19.9 Å². The predicted molar refractivity (Wildman–Crippen MR) is 118 cm³/mol. The van der Waals surface area contributed by atoms with E-state index in [-0.39, 0.29) is 18.9 Å². The molecule has 0 aromatic heterocycles. The molecule has 2 unspecified atom stereocenters. The Kier molecular flexibility index (Phi) is 7.76. The Morgan fingerprint density at radius 1 is 1.21 bits per heavy atom. The van der Waals surface area contributed by atoms with Crippen molar-refractivity contribution in [3.05, 3.63) is 51.4 Å². The Morgan fingerprint density at radius 2 is 1.85 bits per heavy atom. The standard InChI is InChI=1S/C21H23N3O9S/c1-11(25)17(20(28)32-9-14-5-7-15(8-6-14)24(30)31)23-18(27)16(22-12(2)26)19(23)34-21(29)33-10-13-3-4-13/h5-8,13,16,19,25H,3-4,9-10H2,1-2H3,(H,22,26). The molecule has 13 heteroatoms. The normalized spacial score (nSPS) is 20.1. The average molecular weight is 493 g/mol.